The Hall–Kier alpha value is -5.77. The molecule has 0 aliphatic carbocycles. The maximum Gasteiger partial charge on any atom is 0.337 e. The van der Waals surface area contributed by atoms with Gasteiger partial charge in [-0.05, 0) is 71.7 Å². The zero-order valence-electron chi connectivity index (χ0n) is 25.9. The van der Waals surface area contributed by atoms with Crippen molar-refractivity contribution in [1.82, 2.24) is 9.88 Å². The highest BCUT2D eigenvalue weighted by Crippen LogP contribution is 2.32. The van der Waals surface area contributed by atoms with Crippen LogP contribution in [0.5, 0.6) is 0 Å². The number of amides is 1. The number of carbonyl (C=O) groups is 4. The summed E-state index contributed by atoms with van der Waals surface area (Å²) in [6, 6.07) is 27.0. The van der Waals surface area contributed by atoms with Crippen molar-refractivity contribution in [2.75, 3.05) is 7.11 Å². The zero-order chi connectivity index (χ0) is 33.5. The van der Waals surface area contributed by atoms with Crippen molar-refractivity contribution < 1.29 is 38.5 Å². The van der Waals surface area contributed by atoms with Gasteiger partial charge < -0.3 is 24.3 Å². The first-order valence-electron chi connectivity index (χ1n) is 15.1. The number of ether oxygens (including phenoxy) is 1. The minimum atomic E-state index is -1.78. The molecule has 10 nitrogen and oxygen atoms in total. The molecular weight excluding hydrogens is 600 g/mol. The Labute approximate surface area is 270 Å². The molecule has 0 radical (unpaired) electrons. The van der Waals surface area contributed by atoms with E-state index in [-0.39, 0.29) is 6.54 Å². The molecule has 1 aromatic heterocycles. The van der Waals surface area contributed by atoms with E-state index in [1.165, 1.54) is 12.0 Å². The lowest BCUT2D eigenvalue weighted by molar-refractivity contribution is -0.157. The lowest BCUT2D eigenvalue weighted by atomic mass is 9.86. The van der Waals surface area contributed by atoms with E-state index in [2.05, 4.69) is 4.98 Å². The summed E-state index contributed by atoms with van der Waals surface area (Å²) in [4.78, 5) is 55.9. The summed E-state index contributed by atoms with van der Waals surface area (Å²) in [5.41, 5.74) is 3.22. The molecule has 5 rings (SSSR count). The fourth-order valence-electron chi connectivity index (χ4n) is 5.70. The number of allylic oxidation sites excluding steroid dienone is 1. The van der Waals surface area contributed by atoms with Gasteiger partial charge in [-0.25, -0.2) is 9.78 Å². The largest absolute Gasteiger partial charge is 0.481 e. The zero-order valence-corrected chi connectivity index (χ0v) is 25.9. The number of fused-ring (bicyclic) bond motifs is 2. The van der Waals surface area contributed by atoms with E-state index in [1.54, 1.807) is 30.3 Å². The van der Waals surface area contributed by atoms with Gasteiger partial charge in [0, 0.05) is 18.5 Å². The second-order valence-corrected chi connectivity index (χ2v) is 11.3. The number of methoxy groups -OCH3 is 1. The van der Waals surface area contributed by atoms with Crippen LogP contribution in [0.15, 0.2) is 101 Å². The van der Waals surface area contributed by atoms with Crippen molar-refractivity contribution in [3.63, 3.8) is 0 Å². The summed E-state index contributed by atoms with van der Waals surface area (Å²) in [5, 5.41) is 21.4. The van der Waals surface area contributed by atoms with Crippen LogP contribution in [-0.2, 0) is 25.7 Å². The van der Waals surface area contributed by atoms with Gasteiger partial charge in [0.1, 0.15) is 11.4 Å². The Balaban J connectivity index is 1.53. The number of esters is 1. The number of nitrogens with zero attached hydrogens (tertiary/aromatic N) is 2. The van der Waals surface area contributed by atoms with Crippen LogP contribution in [0.4, 0.5) is 0 Å². The van der Waals surface area contributed by atoms with Crippen molar-refractivity contribution in [2.45, 2.75) is 38.3 Å². The number of aromatic nitrogens is 1. The van der Waals surface area contributed by atoms with Gasteiger partial charge in [-0.15, -0.1) is 0 Å². The third kappa shape index (κ3) is 7.73. The van der Waals surface area contributed by atoms with Crippen LogP contribution >= 0.6 is 0 Å². The number of hydrogen-bond acceptors (Lipinski definition) is 7. The van der Waals surface area contributed by atoms with Crippen LogP contribution in [0, 0.1) is 5.92 Å². The number of rotatable bonds is 13. The fraction of sp³-hybridized carbons (Fsp3) is 0.216. The Morgan fingerprint density at radius 1 is 0.915 bits per heavy atom. The topological polar surface area (TPSA) is 147 Å². The van der Waals surface area contributed by atoms with Crippen LogP contribution in [-0.4, -0.2) is 57.1 Å². The van der Waals surface area contributed by atoms with Crippen molar-refractivity contribution >= 4 is 51.8 Å². The van der Waals surface area contributed by atoms with E-state index in [0.717, 1.165) is 21.9 Å². The van der Waals surface area contributed by atoms with Crippen LogP contribution in [0.1, 0.15) is 53.1 Å². The van der Waals surface area contributed by atoms with Gasteiger partial charge in [0.05, 0.1) is 19.1 Å². The summed E-state index contributed by atoms with van der Waals surface area (Å²) < 4.78 is 10.7. The highest BCUT2D eigenvalue weighted by atomic mass is 16.5. The Morgan fingerprint density at radius 3 is 2.30 bits per heavy atom. The third-order valence-corrected chi connectivity index (χ3v) is 8.22. The van der Waals surface area contributed by atoms with E-state index in [1.807, 2.05) is 79.7 Å². The maximum absolute atomic E-state index is 14.0. The number of aliphatic carboxylic acids is 2. The van der Waals surface area contributed by atoms with Crippen LogP contribution < -0.4 is 0 Å². The molecule has 0 aliphatic heterocycles. The summed E-state index contributed by atoms with van der Waals surface area (Å²) in [6.45, 7) is 1.85. The maximum atomic E-state index is 14.0. The van der Waals surface area contributed by atoms with Gasteiger partial charge in [-0.1, -0.05) is 66.7 Å². The molecule has 0 aliphatic rings. The molecule has 47 heavy (non-hydrogen) atoms. The van der Waals surface area contributed by atoms with E-state index >= 15 is 0 Å². The first-order valence-corrected chi connectivity index (χ1v) is 15.1. The molecule has 1 amide bonds. The quantitative estimate of drug-likeness (QED) is 0.109. The van der Waals surface area contributed by atoms with Crippen molar-refractivity contribution in [2.24, 2.45) is 5.92 Å². The summed E-state index contributed by atoms with van der Waals surface area (Å²) in [7, 11) is 1.30. The number of carboxylic acid groups (broad SMARTS) is 2. The molecule has 1 heterocycles. The Morgan fingerprint density at radius 2 is 1.62 bits per heavy atom. The van der Waals surface area contributed by atoms with Crippen molar-refractivity contribution in [1.29, 1.82) is 0 Å². The minimum absolute atomic E-state index is 0.0415. The molecule has 0 saturated heterocycles. The molecular formula is C37H34N2O8. The normalized spacial score (nSPS) is 13.3. The Kier molecular flexibility index (Phi) is 10.1. The van der Waals surface area contributed by atoms with Gasteiger partial charge in [-0.3, -0.25) is 14.4 Å². The molecule has 0 saturated carbocycles. The van der Waals surface area contributed by atoms with Crippen LogP contribution in [0.25, 0.3) is 27.9 Å². The molecule has 0 spiro atoms. The highest BCUT2D eigenvalue weighted by molar-refractivity contribution is 6.00. The fourth-order valence-corrected chi connectivity index (χ4v) is 5.70. The standard InChI is InChI=1S/C37H34N2O8/c1-23(39(35(42)30(36(43)44)21-34(40)41)22-24-14-15-25-8-3-4-9-28(25)20-24)29(26-16-18-27(19-17-26)37(45)46-2)10-7-13-33-38-31-11-5-6-12-32(31)47-33/h3-9,11-20,23,29-30H,10,21-22H2,1-2H3,(H,40,41)(H,43,44)/b13-7+. The third-order valence-electron chi connectivity index (χ3n) is 8.22. The average Bonchev–Trinajstić information content (AvgIpc) is 3.50. The molecule has 5 aromatic rings. The smallest absolute Gasteiger partial charge is 0.337 e. The lowest BCUT2D eigenvalue weighted by Gasteiger charge is -2.36. The van der Waals surface area contributed by atoms with Crippen LogP contribution in [0.2, 0.25) is 0 Å². The molecule has 240 valence electrons. The molecule has 0 bridgehead atoms. The molecule has 10 heteroatoms. The van der Waals surface area contributed by atoms with Gasteiger partial charge in [0.2, 0.25) is 11.8 Å². The number of para-hydroxylation sites is 2. The molecule has 4 aromatic carbocycles. The number of benzene rings is 4. The summed E-state index contributed by atoms with van der Waals surface area (Å²) in [5.74, 6) is -6.00. The highest BCUT2D eigenvalue weighted by Gasteiger charge is 2.37. The lowest BCUT2D eigenvalue weighted by Crippen LogP contribution is -2.46. The predicted molar refractivity (Wildman–Crippen MR) is 176 cm³/mol. The van der Waals surface area contributed by atoms with Gasteiger partial charge in [0.25, 0.3) is 0 Å². The summed E-state index contributed by atoms with van der Waals surface area (Å²) in [6.07, 6.45) is 3.12. The monoisotopic (exact) mass is 634 g/mol. The van der Waals surface area contributed by atoms with E-state index in [9.17, 15) is 29.4 Å². The van der Waals surface area contributed by atoms with Crippen LogP contribution in [0.3, 0.4) is 0 Å². The first kappa shape index (κ1) is 32.6. The summed E-state index contributed by atoms with van der Waals surface area (Å²) >= 11 is 0. The van der Waals surface area contributed by atoms with Gasteiger partial charge >= 0.3 is 17.9 Å². The molecule has 3 unspecified atom stereocenters. The SMILES string of the molecule is COC(=O)c1ccc(C(C/C=C/c2nc3ccccc3o2)C(C)N(Cc2ccc3ccccc3c2)C(=O)C(CC(=O)O)C(=O)O)cc1. The van der Waals surface area contributed by atoms with Crippen molar-refractivity contribution in [3.05, 3.63) is 120 Å². The molecule has 2 N–H and O–H groups in total. The molecule has 0 fully saturated rings. The second-order valence-electron chi connectivity index (χ2n) is 11.3. The van der Waals surface area contributed by atoms with Gasteiger partial charge in [0.15, 0.2) is 5.58 Å². The van der Waals surface area contributed by atoms with E-state index < -0.39 is 48.1 Å². The number of hydrogen-bond donors (Lipinski definition) is 2. The van der Waals surface area contributed by atoms with E-state index in [0.29, 0.717) is 29.0 Å². The van der Waals surface area contributed by atoms with E-state index in [4.69, 9.17) is 9.15 Å². The predicted octanol–water partition coefficient (Wildman–Crippen LogP) is 6.55. The van der Waals surface area contributed by atoms with Crippen molar-refractivity contribution in [3.8, 4) is 0 Å². The number of carbonyl (C=O) groups excluding carboxylic acids is 2. The minimum Gasteiger partial charge on any atom is -0.481 e. The Bertz CT molecular complexity index is 1910. The average molecular weight is 635 g/mol. The van der Waals surface area contributed by atoms with Gasteiger partial charge in [-0.2, -0.15) is 0 Å². The number of oxazole rings is 1. The first-order chi connectivity index (χ1) is 22.6. The number of carboxylic acids is 2. The molecule has 3 atom stereocenters. The second kappa shape index (κ2) is 14.6.